The number of halogens is 2. The van der Waals surface area contributed by atoms with E-state index in [1.807, 2.05) is 12.1 Å². The minimum atomic E-state index is -0.370. The van der Waals surface area contributed by atoms with Crippen LogP contribution in [0.4, 0.5) is 11.4 Å². The Morgan fingerprint density at radius 2 is 1.84 bits per heavy atom. The Morgan fingerprint density at radius 1 is 1.16 bits per heavy atom. The lowest BCUT2D eigenvalue weighted by Crippen LogP contribution is -2.34. The van der Waals surface area contributed by atoms with Crippen molar-refractivity contribution in [2.75, 3.05) is 18.0 Å². The predicted molar refractivity (Wildman–Crippen MR) is 98.4 cm³/mol. The van der Waals surface area contributed by atoms with E-state index in [1.165, 1.54) is 0 Å². The van der Waals surface area contributed by atoms with Gasteiger partial charge in [-0.2, -0.15) is 0 Å². The SMILES string of the molecule is O=[N+]([O-])c1ccc(CCC2CCN(c3cc(Cl)nnc3Cl)CC2)cc1. The second-order valence-electron chi connectivity index (χ2n) is 6.24. The molecule has 8 heteroatoms. The molecule has 1 fully saturated rings. The van der Waals surface area contributed by atoms with Gasteiger partial charge in [0.1, 0.15) is 0 Å². The van der Waals surface area contributed by atoms with Crippen LogP contribution in [0.1, 0.15) is 24.8 Å². The third kappa shape index (κ3) is 4.58. The molecule has 0 N–H and O–H groups in total. The van der Waals surface area contributed by atoms with Crippen LogP contribution in [0.25, 0.3) is 0 Å². The number of nitro groups is 1. The Hall–Kier alpha value is -1.92. The molecule has 0 unspecified atom stereocenters. The molecule has 0 atom stereocenters. The maximum absolute atomic E-state index is 10.7. The molecule has 1 saturated heterocycles. The third-order valence-electron chi connectivity index (χ3n) is 4.64. The minimum Gasteiger partial charge on any atom is -0.369 e. The lowest BCUT2D eigenvalue weighted by Gasteiger charge is -2.33. The average Bonchev–Trinajstić information content (AvgIpc) is 2.63. The molecule has 0 radical (unpaired) electrons. The maximum atomic E-state index is 10.7. The van der Waals surface area contributed by atoms with Crippen LogP contribution < -0.4 is 4.90 Å². The first-order chi connectivity index (χ1) is 12.0. The van der Waals surface area contributed by atoms with E-state index in [0.29, 0.717) is 16.2 Å². The van der Waals surface area contributed by atoms with Crippen LogP contribution in [0.3, 0.4) is 0 Å². The number of hydrogen-bond donors (Lipinski definition) is 0. The van der Waals surface area contributed by atoms with Gasteiger partial charge in [0.2, 0.25) is 0 Å². The quantitative estimate of drug-likeness (QED) is 0.562. The van der Waals surface area contributed by atoms with Crippen LogP contribution in [0.2, 0.25) is 10.3 Å². The average molecular weight is 381 g/mol. The highest BCUT2D eigenvalue weighted by Crippen LogP contribution is 2.31. The van der Waals surface area contributed by atoms with E-state index in [1.54, 1.807) is 18.2 Å². The smallest absolute Gasteiger partial charge is 0.269 e. The molecule has 3 rings (SSSR count). The number of rotatable bonds is 5. The fourth-order valence-corrected chi connectivity index (χ4v) is 3.54. The van der Waals surface area contributed by atoms with Crippen LogP contribution >= 0.6 is 23.2 Å². The van der Waals surface area contributed by atoms with E-state index in [-0.39, 0.29) is 10.6 Å². The van der Waals surface area contributed by atoms with Crippen molar-refractivity contribution in [1.29, 1.82) is 0 Å². The standard InChI is InChI=1S/C17H18Cl2N4O2/c18-16-11-15(17(19)21-20-16)22-9-7-13(8-10-22)2-1-12-3-5-14(6-4-12)23(24)25/h3-6,11,13H,1-2,7-10H2. The molecule has 1 aromatic heterocycles. The number of nitrogens with zero attached hydrogens (tertiary/aromatic N) is 4. The number of aromatic nitrogens is 2. The third-order valence-corrected chi connectivity index (χ3v) is 5.10. The highest BCUT2D eigenvalue weighted by atomic mass is 35.5. The summed E-state index contributed by atoms with van der Waals surface area (Å²) < 4.78 is 0. The highest BCUT2D eigenvalue weighted by molar-refractivity contribution is 6.33. The zero-order valence-electron chi connectivity index (χ0n) is 13.6. The molecule has 2 heterocycles. The van der Waals surface area contributed by atoms with Crippen LogP contribution in [-0.2, 0) is 6.42 Å². The van der Waals surface area contributed by atoms with Crippen molar-refractivity contribution >= 4 is 34.6 Å². The van der Waals surface area contributed by atoms with Gasteiger partial charge in [-0.1, -0.05) is 35.3 Å². The summed E-state index contributed by atoms with van der Waals surface area (Å²) in [5.74, 6) is 0.635. The Bertz CT molecular complexity index is 747. The molecule has 1 aromatic carbocycles. The zero-order valence-corrected chi connectivity index (χ0v) is 15.1. The van der Waals surface area contributed by atoms with Crippen LogP contribution in [0.15, 0.2) is 30.3 Å². The molecule has 6 nitrogen and oxygen atoms in total. The number of benzene rings is 1. The summed E-state index contributed by atoms with van der Waals surface area (Å²) in [4.78, 5) is 12.5. The zero-order chi connectivity index (χ0) is 17.8. The summed E-state index contributed by atoms with van der Waals surface area (Å²) in [6.07, 6.45) is 4.16. The molecular weight excluding hydrogens is 363 g/mol. The monoisotopic (exact) mass is 380 g/mol. The van der Waals surface area contributed by atoms with Gasteiger partial charge in [0.15, 0.2) is 10.3 Å². The minimum absolute atomic E-state index is 0.138. The Labute approximate surface area is 155 Å². The summed E-state index contributed by atoms with van der Waals surface area (Å²) >= 11 is 12.0. The van der Waals surface area contributed by atoms with E-state index in [9.17, 15) is 10.1 Å². The number of anilines is 1. The van der Waals surface area contributed by atoms with Gasteiger partial charge in [-0.15, -0.1) is 10.2 Å². The van der Waals surface area contributed by atoms with Crippen molar-refractivity contribution in [1.82, 2.24) is 10.2 Å². The molecule has 1 aliphatic heterocycles. The lowest BCUT2D eigenvalue weighted by molar-refractivity contribution is -0.384. The molecule has 1 aliphatic rings. The molecule has 0 amide bonds. The van der Waals surface area contributed by atoms with Crippen LogP contribution in [0.5, 0.6) is 0 Å². The van der Waals surface area contributed by atoms with Gasteiger partial charge in [-0.05, 0) is 37.2 Å². The van der Waals surface area contributed by atoms with E-state index in [0.717, 1.165) is 50.0 Å². The maximum Gasteiger partial charge on any atom is 0.269 e. The summed E-state index contributed by atoms with van der Waals surface area (Å²) in [7, 11) is 0. The van der Waals surface area contributed by atoms with Gasteiger partial charge in [-0.3, -0.25) is 10.1 Å². The number of hydrogen-bond acceptors (Lipinski definition) is 5. The normalized spacial score (nSPS) is 15.4. The van der Waals surface area contributed by atoms with Crippen molar-refractivity contribution < 1.29 is 4.92 Å². The Morgan fingerprint density at radius 3 is 2.48 bits per heavy atom. The largest absolute Gasteiger partial charge is 0.369 e. The van der Waals surface area contributed by atoms with Crippen molar-refractivity contribution in [3.63, 3.8) is 0 Å². The van der Waals surface area contributed by atoms with Gasteiger partial charge in [0.25, 0.3) is 5.69 Å². The Balaban J connectivity index is 1.51. The van der Waals surface area contributed by atoms with Crippen LogP contribution in [-0.4, -0.2) is 28.2 Å². The van der Waals surface area contributed by atoms with E-state index >= 15 is 0 Å². The van der Waals surface area contributed by atoms with Gasteiger partial charge in [0, 0.05) is 31.3 Å². The first-order valence-electron chi connectivity index (χ1n) is 8.20. The van der Waals surface area contributed by atoms with Crippen LogP contribution in [0, 0.1) is 16.0 Å². The number of nitro benzene ring substituents is 1. The molecule has 25 heavy (non-hydrogen) atoms. The fraction of sp³-hybridized carbons (Fsp3) is 0.412. The second-order valence-corrected chi connectivity index (χ2v) is 6.98. The molecule has 2 aromatic rings. The predicted octanol–water partition coefficient (Wildman–Crippen LogP) is 4.54. The molecule has 132 valence electrons. The van der Waals surface area contributed by atoms with Crippen molar-refractivity contribution in [3.8, 4) is 0 Å². The molecular formula is C17H18Cl2N4O2. The number of piperidine rings is 1. The first-order valence-corrected chi connectivity index (χ1v) is 8.95. The van der Waals surface area contributed by atoms with Crippen molar-refractivity contribution in [2.45, 2.75) is 25.7 Å². The molecule has 0 saturated carbocycles. The summed E-state index contributed by atoms with van der Waals surface area (Å²) in [6, 6.07) is 8.59. The number of aryl methyl sites for hydroxylation is 1. The highest BCUT2D eigenvalue weighted by Gasteiger charge is 2.21. The van der Waals surface area contributed by atoms with E-state index in [4.69, 9.17) is 23.2 Å². The molecule has 0 bridgehead atoms. The molecule has 0 aliphatic carbocycles. The van der Waals surface area contributed by atoms with Gasteiger partial charge < -0.3 is 4.90 Å². The van der Waals surface area contributed by atoms with E-state index < -0.39 is 0 Å². The van der Waals surface area contributed by atoms with Gasteiger partial charge in [-0.25, -0.2) is 0 Å². The second kappa shape index (κ2) is 7.97. The van der Waals surface area contributed by atoms with Crippen molar-refractivity contribution in [3.05, 3.63) is 56.3 Å². The fourth-order valence-electron chi connectivity index (χ4n) is 3.18. The first kappa shape index (κ1) is 17.9. The summed E-state index contributed by atoms with van der Waals surface area (Å²) in [5, 5.41) is 19.0. The summed E-state index contributed by atoms with van der Waals surface area (Å²) in [5.41, 5.74) is 2.12. The Kier molecular flexibility index (Phi) is 5.71. The summed E-state index contributed by atoms with van der Waals surface area (Å²) in [6.45, 7) is 1.82. The lowest BCUT2D eigenvalue weighted by atomic mass is 9.90. The molecule has 0 spiro atoms. The van der Waals surface area contributed by atoms with E-state index in [2.05, 4.69) is 15.1 Å². The topological polar surface area (TPSA) is 72.2 Å². The van der Waals surface area contributed by atoms with Gasteiger partial charge >= 0.3 is 0 Å². The number of non-ortho nitro benzene ring substituents is 1. The van der Waals surface area contributed by atoms with Crippen molar-refractivity contribution in [2.24, 2.45) is 5.92 Å². The van der Waals surface area contributed by atoms with Gasteiger partial charge in [0.05, 0.1) is 10.6 Å².